The lowest BCUT2D eigenvalue weighted by atomic mass is 9.81. The smallest absolute Gasteiger partial charge is 0.306 e. The van der Waals surface area contributed by atoms with E-state index in [9.17, 15) is 67.4 Å². The van der Waals surface area contributed by atoms with Crippen molar-refractivity contribution in [1.82, 2.24) is 57.3 Å². The number of aromatic nitrogens is 1. The fraction of sp³-hybridized carbons (Fsp3) is 0.662. The molecule has 0 saturated carbocycles. The van der Waals surface area contributed by atoms with E-state index in [1.54, 1.807) is 18.0 Å². The van der Waals surface area contributed by atoms with Gasteiger partial charge in [-0.2, -0.15) is 0 Å². The zero-order valence-corrected chi connectivity index (χ0v) is 59.0. The quantitative estimate of drug-likeness (QED) is 0.0844. The SMILES string of the molecule is CC[C@H](C)[C@H](CC(=O)C(C)(C)N(C)C)C(=O)N(C)[C@H](C[C@@H](OC(C)=O)c1nc(C(=O)N[C@@H](Cc2ccc3c(c2)NC(=O)[C@H](C)NC(=O)[C@H](C)NC(=O)CCOCCNC(=O)CCNCC(=O)NCCOCCC(=O)N[C@@H](C)C(=O)N[C@@H](C)C(=O)N3)CC(C)C(=O)O)cs1)C(C)C. The van der Waals surface area contributed by atoms with Crippen molar-refractivity contribution in [1.29, 1.82) is 0 Å². The van der Waals surface area contributed by atoms with Gasteiger partial charge in [0.15, 0.2) is 11.9 Å². The Kier molecular flexibility index (Phi) is 34.7. The number of ketones is 1. The molecular weight excluding hydrogens is 1270 g/mol. The number of fused-ring (bicyclic) bond motifs is 1. The number of nitrogens with one attached hydrogen (secondary N) is 10. The number of nitrogens with zero attached hydrogens (tertiary/aromatic N) is 3. The number of hydrogen-bond donors (Lipinski definition) is 11. The van der Waals surface area contributed by atoms with Gasteiger partial charge in [-0.25, -0.2) is 4.98 Å². The Hall–Kier alpha value is -8.00. The molecule has 30 nitrogen and oxygen atoms in total. The van der Waals surface area contributed by atoms with Crippen LogP contribution in [0.4, 0.5) is 11.4 Å². The van der Waals surface area contributed by atoms with Crippen molar-refractivity contribution in [3.63, 3.8) is 0 Å². The topological polar surface area (TPSA) is 409 Å². The van der Waals surface area contributed by atoms with Gasteiger partial charge in [-0.15, -0.1) is 11.3 Å². The number of anilines is 2. The molecule has 31 heteroatoms. The third-order valence-electron chi connectivity index (χ3n) is 16.7. The molecule has 1 aromatic heterocycles. The highest BCUT2D eigenvalue weighted by Gasteiger charge is 2.39. The van der Waals surface area contributed by atoms with E-state index in [4.69, 9.17) is 14.2 Å². The van der Waals surface area contributed by atoms with Crippen LogP contribution in [-0.2, 0) is 78.2 Å². The summed E-state index contributed by atoms with van der Waals surface area (Å²) >= 11 is 1.04. The molecule has 536 valence electrons. The van der Waals surface area contributed by atoms with Crippen molar-refractivity contribution in [3.05, 3.63) is 39.8 Å². The van der Waals surface area contributed by atoms with Crippen LogP contribution in [0.5, 0.6) is 0 Å². The maximum atomic E-state index is 14.5. The summed E-state index contributed by atoms with van der Waals surface area (Å²) < 4.78 is 16.8. The van der Waals surface area contributed by atoms with Gasteiger partial charge in [-0.1, -0.05) is 47.1 Å². The number of hydrogen-bond acceptors (Lipinski definition) is 20. The van der Waals surface area contributed by atoms with E-state index in [1.165, 1.54) is 59.1 Å². The molecule has 0 radical (unpaired) electrons. The van der Waals surface area contributed by atoms with Gasteiger partial charge in [0.25, 0.3) is 5.91 Å². The first-order valence-corrected chi connectivity index (χ1v) is 33.4. The Bertz CT molecular complexity index is 3010. The van der Waals surface area contributed by atoms with E-state index in [0.717, 1.165) is 11.3 Å². The van der Waals surface area contributed by atoms with E-state index in [1.807, 2.05) is 60.5 Å². The first-order chi connectivity index (χ1) is 45.1. The summed E-state index contributed by atoms with van der Waals surface area (Å²) in [7, 11) is 5.29. The Labute approximate surface area is 566 Å². The van der Waals surface area contributed by atoms with Gasteiger partial charge in [0, 0.05) is 89.1 Å². The third-order valence-corrected chi connectivity index (χ3v) is 17.6. The average molecular weight is 1370 g/mol. The van der Waals surface area contributed by atoms with Crippen molar-refractivity contribution in [2.75, 3.05) is 84.4 Å². The van der Waals surface area contributed by atoms with E-state index in [2.05, 4.69) is 58.2 Å². The highest BCUT2D eigenvalue weighted by Crippen LogP contribution is 2.34. The molecule has 10 atom stereocenters. The molecule has 3 rings (SSSR count). The van der Waals surface area contributed by atoms with Gasteiger partial charge >= 0.3 is 11.9 Å². The number of aliphatic carboxylic acids is 1. The molecule has 96 heavy (non-hydrogen) atoms. The number of carbonyl (C=O) groups is 13. The minimum Gasteiger partial charge on any atom is -0.481 e. The highest BCUT2D eigenvalue weighted by atomic mass is 32.1. The normalized spacial score (nSPS) is 20.9. The lowest BCUT2D eigenvalue weighted by Gasteiger charge is -2.38. The van der Waals surface area contributed by atoms with Gasteiger partial charge in [-0.3, -0.25) is 67.2 Å². The molecule has 0 aliphatic carbocycles. The number of thiazole rings is 1. The van der Waals surface area contributed by atoms with Crippen molar-refractivity contribution in [2.45, 2.75) is 182 Å². The van der Waals surface area contributed by atoms with Crippen molar-refractivity contribution >= 4 is 99.5 Å². The number of carboxylic acid groups (broad SMARTS) is 1. The first-order valence-electron chi connectivity index (χ1n) is 32.5. The molecule has 1 aliphatic heterocycles. The van der Waals surface area contributed by atoms with E-state index < -0.39 is 113 Å². The molecule has 1 unspecified atom stereocenters. The molecule has 0 fully saturated rings. The maximum absolute atomic E-state index is 14.5. The molecular formula is C65H103N13O17S. The average Bonchev–Trinajstić information content (AvgIpc) is 1.29. The summed E-state index contributed by atoms with van der Waals surface area (Å²) in [6, 6.07) is -1.76. The second-order valence-corrected chi connectivity index (χ2v) is 26.2. The molecule has 1 aliphatic rings. The van der Waals surface area contributed by atoms with E-state index in [-0.39, 0.29) is 155 Å². The molecule has 0 bridgehead atoms. The fourth-order valence-electron chi connectivity index (χ4n) is 9.83. The Morgan fingerprint density at radius 2 is 1.26 bits per heavy atom. The summed E-state index contributed by atoms with van der Waals surface area (Å²) in [5.41, 5.74) is -0.535. The number of benzene rings is 1. The lowest BCUT2D eigenvalue weighted by Crippen LogP contribution is -2.50. The zero-order chi connectivity index (χ0) is 72.1. The summed E-state index contributed by atoms with van der Waals surface area (Å²) in [5, 5.41) is 38.5. The summed E-state index contributed by atoms with van der Waals surface area (Å²) in [4.78, 5) is 180. The Balaban J connectivity index is 1.96. The largest absolute Gasteiger partial charge is 0.481 e. The highest BCUT2D eigenvalue weighted by molar-refractivity contribution is 7.09. The Morgan fingerprint density at radius 3 is 1.78 bits per heavy atom. The van der Waals surface area contributed by atoms with Crippen molar-refractivity contribution < 1.29 is 81.6 Å². The monoisotopic (exact) mass is 1370 g/mol. The number of ether oxygens (including phenoxy) is 3. The minimum absolute atomic E-state index is 0.00402. The van der Waals surface area contributed by atoms with Crippen molar-refractivity contribution in [3.8, 4) is 0 Å². The second-order valence-electron chi connectivity index (χ2n) is 25.3. The van der Waals surface area contributed by atoms with Crippen LogP contribution in [0.2, 0.25) is 0 Å². The zero-order valence-electron chi connectivity index (χ0n) is 58.2. The number of carboxylic acids is 1. The van der Waals surface area contributed by atoms with E-state index >= 15 is 0 Å². The van der Waals surface area contributed by atoms with Gasteiger partial charge in [0.2, 0.25) is 53.2 Å². The molecule has 2 heterocycles. The lowest BCUT2D eigenvalue weighted by molar-refractivity contribution is -0.150. The molecule has 10 amide bonds. The molecule has 0 spiro atoms. The molecule has 1 aromatic carbocycles. The van der Waals surface area contributed by atoms with Crippen LogP contribution in [-0.4, -0.2) is 212 Å². The minimum atomic E-state index is -1.27. The Morgan fingerprint density at radius 1 is 0.719 bits per heavy atom. The maximum Gasteiger partial charge on any atom is 0.306 e. The van der Waals surface area contributed by atoms with Crippen molar-refractivity contribution in [2.24, 2.45) is 23.7 Å². The predicted molar refractivity (Wildman–Crippen MR) is 358 cm³/mol. The standard InChI is InChI=1S/C65H103N13O17S/c1-16-37(4)46(32-52(80)65(11,12)77(13)14)63(90)78(15)50(36(2)3)33-51(95-43(10)79)62-76-49(35-96-62)61(89)73-45(29-38(5)64(91)92)30-44-17-18-47-48(31-44)75-60(88)42(9)72-58(86)40(7)70-54(82)20-25-93-27-23-67-53(81)19-22-66-34-56(84)68-24-28-94-26-21-55(83)69-39(6)57(85)71-41(8)59(87)74-47/h17-18,31,35-42,45-46,50-51,66H,16,19-30,32-34H2,1-15H3,(H,67,81)(H,68,84)(H,69,83)(H,70,82)(H,71,85)(H,72,86)(H,73,89)(H,74,87)(H,75,88)(H,91,92)/t37-,38?,39-,40-,41-,42-,45+,46-,50+,51+/m0/s1. The molecule has 0 saturated heterocycles. The van der Waals surface area contributed by atoms with Gasteiger partial charge in [0.05, 0.1) is 55.8 Å². The van der Waals surface area contributed by atoms with Gasteiger partial charge < -0.3 is 77.4 Å². The molecule has 11 N–H and O–H groups in total. The van der Waals surface area contributed by atoms with Crippen LogP contribution in [0.1, 0.15) is 155 Å². The number of amides is 10. The van der Waals surface area contributed by atoms with E-state index in [0.29, 0.717) is 12.0 Å². The number of Topliss-reactive ketones (excluding diaryl/α,β-unsaturated/α-hetero) is 1. The fourth-order valence-corrected chi connectivity index (χ4v) is 10.7. The van der Waals surface area contributed by atoms with Crippen LogP contribution >= 0.6 is 11.3 Å². The van der Waals surface area contributed by atoms with Crippen LogP contribution in [0.15, 0.2) is 23.6 Å². The second kappa shape index (κ2) is 40.5. The van der Waals surface area contributed by atoms with Gasteiger partial charge in [0.1, 0.15) is 34.9 Å². The number of likely N-dealkylation sites (N-methyl/N-ethyl adjacent to an activating group) is 1. The van der Waals surface area contributed by atoms with Crippen LogP contribution in [0, 0.1) is 23.7 Å². The van der Waals surface area contributed by atoms with Crippen LogP contribution < -0.4 is 53.2 Å². The number of carbonyl (C=O) groups excluding carboxylic acids is 12. The summed E-state index contributed by atoms with van der Waals surface area (Å²) in [6.45, 7) is 20.1. The number of rotatable bonds is 20. The summed E-state index contributed by atoms with van der Waals surface area (Å²) in [6.07, 6.45) is -0.662. The van der Waals surface area contributed by atoms with Crippen LogP contribution in [0.3, 0.4) is 0 Å². The molecule has 2 aromatic rings. The van der Waals surface area contributed by atoms with Gasteiger partial charge in [-0.05, 0) is 98.0 Å². The first kappa shape index (κ1) is 82.2. The predicted octanol–water partition coefficient (Wildman–Crippen LogP) is 1.97. The third kappa shape index (κ3) is 28.0. The summed E-state index contributed by atoms with van der Waals surface area (Å²) in [5.74, 6) is -9.56. The number of esters is 1. The van der Waals surface area contributed by atoms with Crippen LogP contribution in [0.25, 0.3) is 0 Å².